The third kappa shape index (κ3) is 2.78. The molecule has 0 unspecified atom stereocenters. The number of hydrogen-bond acceptors (Lipinski definition) is 7. The van der Waals surface area contributed by atoms with Gasteiger partial charge in [0.2, 0.25) is 0 Å². The zero-order chi connectivity index (χ0) is 18.8. The number of hydrogen-bond donors (Lipinski definition) is 1. The van der Waals surface area contributed by atoms with Crippen LogP contribution in [0.1, 0.15) is 27.7 Å². The molecule has 3 rings (SSSR count). The van der Waals surface area contributed by atoms with Crippen LogP contribution in [0.2, 0.25) is 0 Å². The van der Waals surface area contributed by atoms with Crippen molar-refractivity contribution in [2.24, 2.45) is 0 Å². The first-order valence-corrected chi connectivity index (χ1v) is 7.66. The molecule has 2 aromatic carbocycles. The highest BCUT2D eigenvalue weighted by atomic mass is 19.1. The van der Waals surface area contributed by atoms with Crippen LogP contribution < -0.4 is 19.9 Å². The average Bonchev–Trinajstić information content (AvgIpc) is 2.96. The second-order valence-electron chi connectivity index (χ2n) is 5.48. The lowest BCUT2D eigenvalue weighted by atomic mass is 10.1. The Labute approximate surface area is 149 Å². The van der Waals surface area contributed by atoms with Crippen molar-refractivity contribution in [2.45, 2.75) is 6.23 Å². The quantitative estimate of drug-likeness (QED) is 0.650. The number of rotatable bonds is 5. The third-order valence-electron chi connectivity index (χ3n) is 4.06. The first-order valence-electron chi connectivity index (χ1n) is 7.66. The SMILES string of the molecule is COc1ccc2c(c1OC)C(=O)O[C@@H]2NN(C)c1cccc(F)c1C#N. The van der Waals surface area contributed by atoms with Crippen molar-refractivity contribution >= 4 is 11.7 Å². The summed E-state index contributed by atoms with van der Waals surface area (Å²) >= 11 is 0. The molecule has 1 aliphatic heterocycles. The van der Waals surface area contributed by atoms with Crippen molar-refractivity contribution in [1.29, 1.82) is 5.26 Å². The second-order valence-corrected chi connectivity index (χ2v) is 5.48. The van der Waals surface area contributed by atoms with Crippen LogP contribution in [0.5, 0.6) is 11.5 Å². The third-order valence-corrected chi connectivity index (χ3v) is 4.06. The van der Waals surface area contributed by atoms with Gasteiger partial charge in [0, 0.05) is 12.6 Å². The van der Waals surface area contributed by atoms with E-state index in [9.17, 15) is 14.4 Å². The van der Waals surface area contributed by atoms with E-state index in [-0.39, 0.29) is 16.9 Å². The molecule has 0 radical (unpaired) electrons. The van der Waals surface area contributed by atoms with Crippen LogP contribution in [0.25, 0.3) is 0 Å². The summed E-state index contributed by atoms with van der Waals surface area (Å²) in [6.45, 7) is 0. The number of nitrogens with one attached hydrogen (secondary N) is 1. The largest absolute Gasteiger partial charge is 0.493 e. The molecule has 1 heterocycles. The normalized spacial score (nSPS) is 15.0. The molecule has 0 bridgehead atoms. The van der Waals surface area contributed by atoms with Gasteiger partial charge in [0.05, 0.1) is 19.9 Å². The van der Waals surface area contributed by atoms with E-state index in [0.717, 1.165) is 0 Å². The van der Waals surface area contributed by atoms with Gasteiger partial charge in [-0.1, -0.05) is 6.07 Å². The molecule has 1 aliphatic rings. The van der Waals surface area contributed by atoms with Crippen LogP contribution in [0.3, 0.4) is 0 Å². The predicted octanol–water partition coefficient (Wildman–Crippen LogP) is 2.52. The lowest BCUT2D eigenvalue weighted by Crippen LogP contribution is -2.38. The van der Waals surface area contributed by atoms with E-state index in [1.807, 2.05) is 6.07 Å². The number of nitrogens with zero attached hydrogens (tertiary/aromatic N) is 2. The molecule has 26 heavy (non-hydrogen) atoms. The maximum atomic E-state index is 13.8. The smallest absolute Gasteiger partial charge is 0.344 e. The van der Waals surface area contributed by atoms with E-state index in [4.69, 9.17) is 14.2 Å². The fourth-order valence-corrected chi connectivity index (χ4v) is 2.84. The van der Waals surface area contributed by atoms with Crippen molar-refractivity contribution in [3.63, 3.8) is 0 Å². The molecule has 1 atom stereocenters. The predicted molar refractivity (Wildman–Crippen MR) is 90.4 cm³/mol. The van der Waals surface area contributed by atoms with Gasteiger partial charge in [-0.25, -0.2) is 9.18 Å². The van der Waals surface area contributed by atoms with Crippen LogP contribution in [-0.2, 0) is 4.74 Å². The summed E-state index contributed by atoms with van der Waals surface area (Å²) in [6, 6.07) is 9.46. The van der Waals surface area contributed by atoms with Crippen LogP contribution in [0, 0.1) is 17.1 Å². The summed E-state index contributed by atoms with van der Waals surface area (Å²) in [6.07, 6.45) is -0.822. The number of carbonyl (C=O) groups excluding carboxylic acids is 1. The molecule has 0 amide bonds. The summed E-state index contributed by atoms with van der Waals surface area (Å²) in [7, 11) is 4.51. The number of ether oxygens (including phenoxy) is 3. The number of cyclic esters (lactones) is 1. The van der Waals surface area contributed by atoms with E-state index >= 15 is 0 Å². The van der Waals surface area contributed by atoms with Crippen molar-refractivity contribution in [3.8, 4) is 17.6 Å². The van der Waals surface area contributed by atoms with Gasteiger partial charge in [-0.3, -0.25) is 0 Å². The number of halogens is 1. The maximum Gasteiger partial charge on any atom is 0.344 e. The van der Waals surface area contributed by atoms with Crippen LogP contribution >= 0.6 is 0 Å². The summed E-state index contributed by atoms with van der Waals surface area (Å²) in [5.74, 6) is -0.505. The molecule has 0 aromatic heterocycles. The van der Waals surface area contributed by atoms with E-state index in [0.29, 0.717) is 17.0 Å². The highest BCUT2D eigenvalue weighted by Crippen LogP contribution is 2.41. The Morgan fingerprint density at radius 1 is 1.27 bits per heavy atom. The van der Waals surface area contributed by atoms with E-state index in [1.165, 1.54) is 31.4 Å². The van der Waals surface area contributed by atoms with Crippen molar-refractivity contribution in [3.05, 3.63) is 52.8 Å². The Bertz CT molecular complexity index is 910. The maximum absolute atomic E-state index is 13.8. The minimum absolute atomic E-state index is 0.112. The van der Waals surface area contributed by atoms with Crippen LogP contribution in [0.4, 0.5) is 10.1 Å². The van der Waals surface area contributed by atoms with Crippen LogP contribution in [0.15, 0.2) is 30.3 Å². The van der Waals surface area contributed by atoms with Gasteiger partial charge in [-0.15, -0.1) is 0 Å². The number of fused-ring (bicyclic) bond motifs is 1. The summed E-state index contributed by atoms with van der Waals surface area (Å²) in [5, 5.41) is 10.6. The summed E-state index contributed by atoms with van der Waals surface area (Å²) < 4.78 is 29.7. The Morgan fingerprint density at radius 3 is 2.69 bits per heavy atom. The van der Waals surface area contributed by atoms with Gasteiger partial charge in [-0.05, 0) is 24.3 Å². The van der Waals surface area contributed by atoms with Crippen molar-refractivity contribution < 1.29 is 23.4 Å². The number of hydrazine groups is 1. The first kappa shape index (κ1) is 17.5. The average molecular weight is 357 g/mol. The zero-order valence-corrected chi connectivity index (χ0v) is 14.4. The van der Waals surface area contributed by atoms with Gasteiger partial charge in [-0.2, -0.15) is 10.7 Å². The van der Waals surface area contributed by atoms with E-state index < -0.39 is 18.0 Å². The minimum Gasteiger partial charge on any atom is -0.493 e. The molecule has 134 valence electrons. The molecule has 0 spiro atoms. The molecule has 0 saturated heterocycles. The molecule has 0 aliphatic carbocycles. The summed E-state index contributed by atoms with van der Waals surface area (Å²) in [4.78, 5) is 12.3. The minimum atomic E-state index is -0.822. The Kier molecular flexibility index (Phi) is 4.65. The number of methoxy groups -OCH3 is 2. The van der Waals surface area contributed by atoms with Gasteiger partial charge < -0.3 is 19.2 Å². The molecule has 7 nitrogen and oxygen atoms in total. The van der Waals surface area contributed by atoms with Gasteiger partial charge in [0.15, 0.2) is 17.7 Å². The van der Waals surface area contributed by atoms with Crippen LogP contribution in [-0.4, -0.2) is 27.2 Å². The van der Waals surface area contributed by atoms with Crippen molar-refractivity contribution in [1.82, 2.24) is 5.43 Å². The Morgan fingerprint density at radius 2 is 2.04 bits per heavy atom. The number of anilines is 1. The topological polar surface area (TPSA) is 83.8 Å². The fraction of sp³-hybridized carbons (Fsp3) is 0.222. The standard InChI is InChI=1S/C18H16FN3O4/c1-22(13-6-4-5-12(19)11(13)9-20)21-17-10-7-8-14(24-2)16(25-3)15(10)18(23)26-17/h4-8,17,21H,1-3H3/t17-/m0/s1. The lowest BCUT2D eigenvalue weighted by Gasteiger charge is -2.25. The molecule has 0 saturated carbocycles. The number of benzene rings is 2. The Balaban J connectivity index is 1.94. The molecule has 0 fully saturated rings. The van der Waals surface area contributed by atoms with Crippen molar-refractivity contribution in [2.75, 3.05) is 26.3 Å². The van der Waals surface area contributed by atoms with Gasteiger partial charge in [0.25, 0.3) is 0 Å². The molecular weight excluding hydrogens is 341 g/mol. The highest BCUT2D eigenvalue weighted by Gasteiger charge is 2.36. The van der Waals surface area contributed by atoms with E-state index in [1.54, 1.807) is 25.2 Å². The number of carbonyl (C=O) groups is 1. The highest BCUT2D eigenvalue weighted by molar-refractivity contribution is 5.98. The monoisotopic (exact) mass is 357 g/mol. The number of esters is 1. The fourth-order valence-electron chi connectivity index (χ4n) is 2.84. The van der Waals surface area contributed by atoms with Gasteiger partial charge >= 0.3 is 5.97 Å². The van der Waals surface area contributed by atoms with Gasteiger partial charge in [0.1, 0.15) is 23.0 Å². The second kappa shape index (κ2) is 6.90. The zero-order valence-electron chi connectivity index (χ0n) is 14.4. The first-order chi connectivity index (χ1) is 12.5. The molecular formula is C18H16FN3O4. The Hall–Kier alpha value is -3.31. The molecule has 8 heteroatoms. The summed E-state index contributed by atoms with van der Waals surface area (Å²) in [5.41, 5.74) is 3.97. The lowest BCUT2D eigenvalue weighted by molar-refractivity contribution is 0.0303. The van der Waals surface area contributed by atoms with E-state index in [2.05, 4.69) is 5.43 Å². The molecule has 2 aromatic rings. The molecule has 1 N–H and O–H groups in total. The number of nitriles is 1.